The standard InChI is InChI=1S/C17H27N3O3/c1-2-23-16(22)14-7-6-10-20(11-14)12-15(21)19-17(13-18)8-4-3-5-9-17/h14H,2-12H2,1H3,(H,19,21)/t14-/m1/s1. The summed E-state index contributed by atoms with van der Waals surface area (Å²) in [7, 11) is 0. The number of rotatable bonds is 5. The van der Waals surface area contributed by atoms with Gasteiger partial charge >= 0.3 is 5.97 Å². The number of esters is 1. The Balaban J connectivity index is 1.84. The molecule has 1 aliphatic heterocycles. The molecule has 1 saturated carbocycles. The average Bonchev–Trinajstić information content (AvgIpc) is 2.56. The summed E-state index contributed by atoms with van der Waals surface area (Å²) >= 11 is 0. The zero-order chi connectivity index (χ0) is 16.7. The van der Waals surface area contributed by atoms with Crippen molar-refractivity contribution in [3.63, 3.8) is 0 Å². The van der Waals surface area contributed by atoms with Gasteiger partial charge in [-0.3, -0.25) is 14.5 Å². The van der Waals surface area contributed by atoms with Crippen LogP contribution < -0.4 is 5.32 Å². The van der Waals surface area contributed by atoms with E-state index >= 15 is 0 Å². The number of nitriles is 1. The monoisotopic (exact) mass is 321 g/mol. The highest BCUT2D eigenvalue weighted by Gasteiger charge is 2.34. The van der Waals surface area contributed by atoms with E-state index in [1.54, 1.807) is 6.92 Å². The molecule has 2 rings (SSSR count). The number of carbonyl (C=O) groups is 2. The molecular formula is C17H27N3O3. The van der Waals surface area contributed by atoms with Crippen LogP contribution in [0, 0.1) is 17.2 Å². The number of nitrogens with zero attached hydrogens (tertiary/aromatic N) is 2. The number of carbonyl (C=O) groups excluding carboxylic acids is 2. The van der Waals surface area contributed by atoms with Crippen LogP contribution in [-0.4, -0.2) is 48.6 Å². The first-order chi connectivity index (χ1) is 11.1. The molecule has 6 heteroatoms. The van der Waals surface area contributed by atoms with Gasteiger partial charge in [0.05, 0.1) is 25.1 Å². The van der Waals surface area contributed by atoms with E-state index in [4.69, 9.17) is 4.74 Å². The normalized spacial score (nSPS) is 24.4. The van der Waals surface area contributed by atoms with E-state index in [2.05, 4.69) is 11.4 Å². The predicted molar refractivity (Wildman–Crippen MR) is 85.4 cm³/mol. The van der Waals surface area contributed by atoms with E-state index in [1.165, 1.54) is 0 Å². The Labute approximate surface area is 138 Å². The van der Waals surface area contributed by atoms with Crippen molar-refractivity contribution in [1.29, 1.82) is 5.26 Å². The maximum atomic E-state index is 12.3. The van der Waals surface area contributed by atoms with Crippen molar-refractivity contribution in [3.8, 4) is 6.07 Å². The zero-order valence-corrected chi connectivity index (χ0v) is 14.0. The van der Waals surface area contributed by atoms with Crippen molar-refractivity contribution in [2.45, 2.75) is 57.4 Å². The molecule has 1 atom stereocenters. The lowest BCUT2D eigenvalue weighted by Gasteiger charge is -2.34. The number of piperidine rings is 1. The lowest BCUT2D eigenvalue weighted by Crippen LogP contribution is -2.52. The summed E-state index contributed by atoms with van der Waals surface area (Å²) in [5, 5.41) is 12.4. The van der Waals surface area contributed by atoms with E-state index in [0.717, 1.165) is 51.5 Å². The van der Waals surface area contributed by atoms with Crippen molar-refractivity contribution in [3.05, 3.63) is 0 Å². The van der Waals surface area contributed by atoms with Crippen LogP contribution in [0.5, 0.6) is 0 Å². The summed E-state index contributed by atoms with van der Waals surface area (Å²) in [6, 6.07) is 2.30. The predicted octanol–water partition coefficient (Wildman–Crippen LogP) is 1.60. The van der Waals surface area contributed by atoms with Crippen molar-refractivity contribution in [1.82, 2.24) is 10.2 Å². The zero-order valence-electron chi connectivity index (χ0n) is 14.0. The van der Waals surface area contributed by atoms with Crippen LogP contribution in [0.3, 0.4) is 0 Å². The van der Waals surface area contributed by atoms with Crippen LogP contribution >= 0.6 is 0 Å². The number of hydrogen-bond acceptors (Lipinski definition) is 5. The van der Waals surface area contributed by atoms with E-state index in [9.17, 15) is 14.9 Å². The molecule has 1 saturated heterocycles. The number of likely N-dealkylation sites (tertiary alicyclic amines) is 1. The highest BCUT2D eigenvalue weighted by Crippen LogP contribution is 2.27. The molecule has 0 bridgehead atoms. The van der Waals surface area contributed by atoms with Gasteiger partial charge in [0, 0.05) is 6.54 Å². The molecule has 0 aromatic heterocycles. The Kier molecular flexibility index (Phi) is 6.40. The molecule has 2 aliphatic rings. The third kappa shape index (κ3) is 4.93. The fourth-order valence-electron chi connectivity index (χ4n) is 3.58. The molecule has 6 nitrogen and oxygen atoms in total. The second-order valence-electron chi connectivity index (χ2n) is 6.63. The van der Waals surface area contributed by atoms with Gasteiger partial charge in [-0.05, 0) is 39.2 Å². The van der Waals surface area contributed by atoms with Gasteiger partial charge in [0.1, 0.15) is 5.54 Å². The SMILES string of the molecule is CCOC(=O)[C@@H]1CCCN(CC(=O)NC2(C#N)CCCCC2)C1. The molecule has 128 valence electrons. The van der Waals surface area contributed by atoms with Crippen LogP contribution in [0.2, 0.25) is 0 Å². The van der Waals surface area contributed by atoms with Crippen LogP contribution in [0.15, 0.2) is 0 Å². The molecule has 2 fully saturated rings. The Hall–Kier alpha value is -1.61. The average molecular weight is 321 g/mol. The molecule has 23 heavy (non-hydrogen) atoms. The second-order valence-corrected chi connectivity index (χ2v) is 6.63. The van der Waals surface area contributed by atoms with Crippen molar-refractivity contribution in [2.24, 2.45) is 5.92 Å². The molecule has 0 radical (unpaired) electrons. The molecule has 1 amide bonds. The molecule has 0 aromatic carbocycles. The Morgan fingerprint density at radius 3 is 2.70 bits per heavy atom. The number of nitrogens with one attached hydrogen (secondary N) is 1. The Morgan fingerprint density at radius 2 is 2.04 bits per heavy atom. The van der Waals surface area contributed by atoms with E-state index < -0.39 is 5.54 Å². The van der Waals surface area contributed by atoms with Gasteiger partial charge < -0.3 is 10.1 Å². The highest BCUT2D eigenvalue weighted by molar-refractivity contribution is 5.79. The van der Waals surface area contributed by atoms with Gasteiger partial charge in [0.2, 0.25) is 5.91 Å². The van der Waals surface area contributed by atoms with Crippen LogP contribution in [0.4, 0.5) is 0 Å². The molecule has 1 N–H and O–H groups in total. The smallest absolute Gasteiger partial charge is 0.310 e. The van der Waals surface area contributed by atoms with Gasteiger partial charge in [0.15, 0.2) is 0 Å². The van der Waals surface area contributed by atoms with Crippen LogP contribution in [0.1, 0.15) is 51.9 Å². The Bertz CT molecular complexity index is 466. The summed E-state index contributed by atoms with van der Waals surface area (Å²) in [4.78, 5) is 26.2. The maximum Gasteiger partial charge on any atom is 0.310 e. The van der Waals surface area contributed by atoms with Gasteiger partial charge in [0.25, 0.3) is 0 Å². The summed E-state index contributed by atoms with van der Waals surface area (Å²) in [5.74, 6) is -0.424. The summed E-state index contributed by atoms with van der Waals surface area (Å²) < 4.78 is 5.08. The highest BCUT2D eigenvalue weighted by atomic mass is 16.5. The topological polar surface area (TPSA) is 82.4 Å². The minimum Gasteiger partial charge on any atom is -0.466 e. The maximum absolute atomic E-state index is 12.3. The quantitative estimate of drug-likeness (QED) is 0.778. The van der Waals surface area contributed by atoms with Crippen LogP contribution in [-0.2, 0) is 14.3 Å². The second kappa shape index (κ2) is 8.30. The molecule has 0 spiro atoms. The number of amides is 1. The van der Waals surface area contributed by atoms with E-state index in [0.29, 0.717) is 13.2 Å². The molecule has 0 aromatic rings. The van der Waals surface area contributed by atoms with Crippen molar-refractivity contribution < 1.29 is 14.3 Å². The van der Waals surface area contributed by atoms with E-state index in [1.807, 2.05) is 4.90 Å². The molecular weight excluding hydrogens is 294 g/mol. The van der Waals surface area contributed by atoms with Gasteiger partial charge in [-0.25, -0.2) is 0 Å². The first-order valence-electron chi connectivity index (χ1n) is 8.70. The summed E-state index contributed by atoms with van der Waals surface area (Å²) in [5.41, 5.74) is -0.689. The molecule has 1 aliphatic carbocycles. The lowest BCUT2D eigenvalue weighted by molar-refractivity contribution is -0.150. The first-order valence-corrected chi connectivity index (χ1v) is 8.70. The fourth-order valence-corrected chi connectivity index (χ4v) is 3.58. The minimum atomic E-state index is -0.689. The first kappa shape index (κ1) is 17.7. The van der Waals surface area contributed by atoms with E-state index in [-0.39, 0.29) is 24.3 Å². The van der Waals surface area contributed by atoms with Gasteiger partial charge in [-0.1, -0.05) is 19.3 Å². The number of ether oxygens (including phenoxy) is 1. The van der Waals surface area contributed by atoms with Gasteiger partial charge in [-0.2, -0.15) is 5.26 Å². The largest absolute Gasteiger partial charge is 0.466 e. The third-order valence-electron chi connectivity index (χ3n) is 4.79. The summed E-state index contributed by atoms with van der Waals surface area (Å²) in [6.07, 6.45) is 6.29. The Morgan fingerprint density at radius 1 is 1.30 bits per heavy atom. The van der Waals surface area contributed by atoms with Gasteiger partial charge in [-0.15, -0.1) is 0 Å². The summed E-state index contributed by atoms with van der Waals surface area (Å²) in [6.45, 7) is 3.81. The van der Waals surface area contributed by atoms with Crippen molar-refractivity contribution in [2.75, 3.05) is 26.2 Å². The molecule has 1 heterocycles. The lowest BCUT2D eigenvalue weighted by atomic mass is 9.83. The van der Waals surface area contributed by atoms with Crippen molar-refractivity contribution >= 4 is 11.9 Å². The molecule has 0 unspecified atom stereocenters. The minimum absolute atomic E-state index is 0.113. The van der Waals surface area contributed by atoms with Crippen LogP contribution in [0.25, 0.3) is 0 Å². The third-order valence-corrected chi connectivity index (χ3v) is 4.79. The fraction of sp³-hybridized carbons (Fsp3) is 0.824. The number of hydrogen-bond donors (Lipinski definition) is 1.